The van der Waals surface area contributed by atoms with Crippen molar-refractivity contribution >= 4 is 5.69 Å². The molecule has 4 nitrogen and oxygen atoms in total. The number of nitrogens with zero attached hydrogens (tertiary/aromatic N) is 2. The summed E-state index contributed by atoms with van der Waals surface area (Å²) in [4.78, 5) is 4.10. The van der Waals surface area contributed by atoms with E-state index in [-0.39, 0.29) is 6.10 Å². The Hall–Kier alpha value is -1.81. The van der Waals surface area contributed by atoms with Gasteiger partial charge in [0.05, 0.1) is 23.8 Å². The van der Waals surface area contributed by atoms with Gasteiger partial charge < -0.3 is 15.0 Å². The second-order valence-corrected chi connectivity index (χ2v) is 5.14. The van der Waals surface area contributed by atoms with Gasteiger partial charge in [0.15, 0.2) is 0 Å². The Morgan fingerprint density at radius 1 is 1.16 bits per heavy atom. The van der Waals surface area contributed by atoms with E-state index in [9.17, 15) is 5.11 Å². The number of hydrogen-bond acceptors (Lipinski definition) is 3. The van der Waals surface area contributed by atoms with Gasteiger partial charge in [0.25, 0.3) is 0 Å². The van der Waals surface area contributed by atoms with E-state index in [1.807, 2.05) is 29.2 Å². The molecule has 0 amide bonds. The van der Waals surface area contributed by atoms with Crippen LogP contribution >= 0.6 is 0 Å². The number of aromatic nitrogens is 2. The van der Waals surface area contributed by atoms with Crippen molar-refractivity contribution in [3.63, 3.8) is 0 Å². The Morgan fingerprint density at radius 3 is 2.68 bits per heavy atom. The van der Waals surface area contributed by atoms with Gasteiger partial charge in [0.1, 0.15) is 0 Å². The minimum atomic E-state index is -0.109. The van der Waals surface area contributed by atoms with E-state index in [2.05, 4.69) is 22.4 Å². The first kappa shape index (κ1) is 12.2. The lowest BCUT2D eigenvalue weighted by atomic mass is 9.93. The van der Waals surface area contributed by atoms with E-state index >= 15 is 0 Å². The molecule has 3 rings (SSSR count). The molecule has 1 saturated carbocycles. The summed E-state index contributed by atoms with van der Waals surface area (Å²) < 4.78 is 2.01. The number of aliphatic hydroxyl groups excluding tert-OH is 1. The molecule has 0 radical (unpaired) electrons. The fraction of sp³-hybridized carbons (Fsp3) is 0.400. The van der Waals surface area contributed by atoms with E-state index < -0.39 is 0 Å². The minimum Gasteiger partial charge on any atom is -0.393 e. The van der Waals surface area contributed by atoms with Crippen molar-refractivity contribution in [3.8, 4) is 5.69 Å². The summed E-state index contributed by atoms with van der Waals surface area (Å²) in [6.07, 6.45) is 9.28. The van der Waals surface area contributed by atoms with Crippen LogP contribution in [0.3, 0.4) is 0 Å². The number of anilines is 1. The number of aliphatic hydroxyl groups is 1. The Bertz CT molecular complexity index is 516. The average molecular weight is 257 g/mol. The highest BCUT2D eigenvalue weighted by Crippen LogP contribution is 2.25. The Labute approximate surface area is 113 Å². The third-order valence-corrected chi connectivity index (χ3v) is 3.74. The van der Waals surface area contributed by atoms with Crippen LogP contribution in [0.15, 0.2) is 43.0 Å². The van der Waals surface area contributed by atoms with Gasteiger partial charge in [-0.2, -0.15) is 0 Å². The Kier molecular flexibility index (Phi) is 3.51. The SMILES string of the molecule is OC1CCC(Nc2ccccc2-n2ccnc2)CC1. The van der Waals surface area contributed by atoms with Gasteiger partial charge in [0, 0.05) is 18.4 Å². The fourth-order valence-corrected chi connectivity index (χ4v) is 2.66. The molecule has 100 valence electrons. The number of nitrogens with one attached hydrogen (secondary N) is 1. The molecule has 1 aromatic heterocycles. The second-order valence-electron chi connectivity index (χ2n) is 5.14. The van der Waals surface area contributed by atoms with Crippen molar-refractivity contribution in [3.05, 3.63) is 43.0 Å². The molecule has 0 atom stereocenters. The van der Waals surface area contributed by atoms with Crippen LogP contribution in [0.4, 0.5) is 5.69 Å². The molecule has 1 aliphatic rings. The van der Waals surface area contributed by atoms with Crippen LogP contribution < -0.4 is 5.32 Å². The number of benzene rings is 1. The van der Waals surface area contributed by atoms with E-state index in [1.165, 1.54) is 0 Å². The number of rotatable bonds is 3. The molecular weight excluding hydrogens is 238 g/mol. The summed E-state index contributed by atoms with van der Waals surface area (Å²) in [6, 6.07) is 8.71. The molecule has 1 heterocycles. The average Bonchev–Trinajstić information content (AvgIpc) is 2.96. The highest BCUT2D eigenvalue weighted by Gasteiger charge is 2.19. The maximum absolute atomic E-state index is 9.56. The van der Waals surface area contributed by atoms with E-state index in [4.69, 9.17) is 0 Å². The molecule has 19 heavy (non-hydrogen) atoms. The van der Waals surface area contributed by atoms with Gasteiger partial charge in [-0.05, 0) is 37.8 Å². The van der Waals surface area contributed by atoms with Crippen molar-refractivity contribution < 1.29 is 5.11 Å². The number of imidazole rings is 1. The molecule has 0 spiro atoms. The van der Waals surface area contributed by atoms with Crippen LogP contribution in [-0.2, 0) is 0 Å². The molecule has 1 fully saturated rings. The van der Waals surface area contributed by atoms with Gasteiger partial charge in [-0.15, -0.1) is 0 Å². The van der Waals surface area contributed by atoms with Crippen LogP contribution in [0.1, 0.15) is 25.7 Å². The van der Waals surface area contributed by atoms with Crippen LogP contribution in [0.25, 0.3) is 5.69 Å². The summed E-state index contributed by atoms with van der Waals surface area (Å²) in [5, 5.41) is 13.2. The van der Waals surface area contributed by atoms with E-state index in [1.54, 1.807) is 6.20 Å². The van der Waals surface area contributed by atoms with Gasteiger partial charge in [-0.1, -0.05) is 12.1 Å². The molecule has 0 bridgehead atoms. The van der Waals surface area contributed by atoms with Gasteiger partial charge in [-0.25, -0.2) is 4.98 Å². The molecular formula is C15H19N3O. The molecule has 0 aliphatic heterocycles. The topological polar surface area (TPSA) is 50.1 Å². The van der Waals surface area contributed by atoms with Crippen LogP contribution in [-0.4, -0.2) is 26.8 Å². The van der Waals surface area contributed by atoms with Crippen molar-refractivity contribution in [2.45, 2.75) is 37.8 Å². The van der Waals surface area contributed by atoms with Crippen molar-refractivity contribution in [1.29, 1.82) is 0 Å². The maximum Gasteiger partial charge on any atom is 0.0992 e. The number of para-hydroxylation sites is 2. The lowest BCUT2D eigenvalue weighted by Gasteiger charge is -2.28. The van der Waals surface area contributed by atoms with E-state index in [0.717, 1.165) is 37.1 Å². The number of hydrogen-bond donors (Lipinski definition) is 2. The Morgan fingerprint density at radius 2 is 1.95 bits per heavy atom. The normalized spacial score (nSPS) is 23.2. The summed E-state index contributed by atoms with van der Waals surface area (Å²) in [5.74, 6) is 0. The lowest BCUT2D eigenvalue weighted by Crippen LogP contribution is -2.28. The predicted octanol–water partition coefficient (Wildman–Crippen LogP) is 2.59. The van der Waals surface area contributed by atoms with Crippen molar-refractivity contribution in [2.75, 3.05) is 5.32 Å². The van der Waals surface area contributed by atoms with Crippen LogP contribution in [0, 0.1) is 0 Å². The van der Waals surface area contributed by atoms with Crippen molar-refractivity contribution in [1.82, 2.24) is 9.55 Å². The molecule has 4 heteroatoms. The highest BCUT2D eigenvalue weighted by atomic mass is 16.3. The molecule has 2 aromatic rings. The van der Waals surface area contributed by atoms with Crippen molar-refractivity contribution in [2.24, 2.45) is 0 Å². The zero-order chi connectivity index (χ0) is 13.1. The predicted molar refractivity (Wildman–Crippen MR) is 75.4 cm³/mol. The summed E-state index contributed by atoms with van der Waals surface area (Å²) in [7, 11) is 0. The maximum atomic E-state index is 9.56. The minimum absolute atomic E-state index is 0.109. The molecule has 0 saturated heterocycles. The molecule has 2 N–H and O–H groups in total. The monoisotopic (exact) mass is 257 g/mol. The first-order valence-corrected chi connectivity index (χ1v) is 6.85. The summed E-state index contributed by atoms with van der Waals surface area (Å²) >= 11 is 0. The quantitative estimate of drug-likeness (QED) is 0.888. The zero-order valence-corrected chi connectivity index (χ0v) is 10.9. The Balaban J connectivity index is 1.78. The summed E-state index contributed by atoms with van der Waals surface area (Å²) in [6.45, 7) is 0. The first-order chi connectivity index (χ1) is 9.33. The second kappa shape index (κ2) is 5.45. The van der Waals surface area contributed by atoms with Crippen LogP contribution in [0.5, 0.6) is 0 Å². The molecule has 0 unspecified atom stereocenters. The third kappa shape index (κ3) is 2.79. The zero-order valence-electron chi connectivity index (χ0n) is 10.9. The van der Waals surface area contributed by atoms with Gasteiger partial charge >= 0.3 is 0 Å². The fourth-order valence-electron chi connectivity index (χ4n) is 2.66. The first-order valence-electron chi connectivity index (χ1n) is 6.85. The van der Waals surface area contributed by atoms with E-state index in [0.29, 0.717) is 6.04 Å². The van der Waals surface area contributed by atoms with Crippen LogP contribution in [0.2, 0.25) is 0 Å². The largest absolute Gasteiger partial charge is 0.393 e. The molecule has 1 aliphatic carbocycles. The van der Waals surface area contributed by atoms with Gasteiger partial charge in [0.2, 0.25) is 0 Å². The standard InChI is InChI=1S/C15H19N3O/c19-13-7-5-12(6-8-13)17-14-3-1-2-4-15(14)18-10-9-16-11-18/h1-4,9-13,17,19H,5-8H2. The summed E-state index contributed by atoms with van der Waals surface area (Å²) in [5.41, 5.74) is 2.24. The smallest absolute Gasteiger partial charge is 0.0992 e. The molecule has 1 aromatic carbocycles. The third-order valence-electron chi connectivity index (χ3n) is 3.74. The lowest BCUT2D eigenvalue weighted by molar-refractivity contribution is 0.126. The van der Waals surface area contributed by atoms with Gasteiger partial charge in [-0.3, -0.25) is 0 Å². The highest BCUT2D eigenvalue weighted by molar-refractivity contribution is 5.61.